The molecule has 1 heterocycles. The van der Waals surface area contributed by atoms with Crippen LogP contribution in [-0.2, 0) is 6.42 Å². The second-order valence-electron chi connectivity index (χ2n) is 5.18. The first-order chi connectivity index (χ1) is 10.2. The summed E-state index contributed by atoms with van der Waals surface area (Å²) in [5, 5.41) is 6.68. The fourth-order valence-electron chi connectivity index (χ4n) is 2.10. The molecule has 0 spiro atoms. The molecule has 0 saturated carbocycles. The maximum absolute atomic E-state index is 5.60. The van der Waals surface area contributed by atoms with E-state index in [0.29, 0.717) is 19.3 Å². The number of hydrogen-bond acceptors (Lipinski definition) is 3. The van der Waals surface area contributed by atoms with Gasteiger partial charge in [-0.15, -0.1) is 24.0 Å². The molecule has 0 bridgehead atoms. The van der Waals surface area contributed by atoms with E-state index in [1.807, 2.05) is 6.07 Å². The lowest BCUT2D eigenvalue weighted by atomic mass is 10.1. The van der Waals surface area contributed by atoms with Crippen molar-refractivity contribution in [3.8, 4) is 11.5 Å². The molecule has 1 unspecified atom stereocenters. The van der Waals surface area contributed by atoms with E-state index in [1.54, 1.807) is 7.05 Å². The minimum atomic E-state index is 0. The zero-order valence-corrected chi connectivity index (χ0v) is 15.8. The number of nitrogens with zero attached hydrogens (tertiary/aromatic N) is 1. The zero-order chi connectivity index (χ0) is 15.1. The Morgan fingerprint density at radius 3 is 2.68 bits per heavy atom. The molecule has 1 aromatic rings. The fourth-order valence-corrected chi connectivity index (χ4v) is 2.10. The van der Waals surface area contributed by atoms with Gasteiger partial charge in [0.2, 0.25) is 0 Å². The highest BCUT2D eigenvalue weighted by Crippen LogP contribution is 2.30. The van der Waals surface area contributed by atoms with Gasteiger partial charge >= 0.3 is 0 Å². The normalized spacial score (nSPS) is 14.8. The maximum atomic E-state index is 5.60. The van der Waals surface area contributed by atoms with Crippen LogP contribution in [0.15, 0.2) is 23.2 Å². The van der Waals surface area contributed by atoms with Crippen molar-refractivity contribution in [3.05, 3.63) is 23.8 Å². The Labute approximate surface area is 149 Å². The second kappa shape index (κ2) is 9.76. The lowest BCUT2D eigenvalue weighted by molar-refractivity contribution is 0.171. The van der Waals surface area contributed by atoms with E-state index < -0.39 is 0 Å². The summed E-state index contributed by atoms with van der Waals surface area (Å²) in [5.41, 5.74) is 1.23. The first-order valence-electron chi connectivity index (χ1n) is 7.58. The first kappa shape index (κ1) is 18.9. The van der Waals surface area contributed by atoms with Crippen LogP contribution < -0.4 is 20.1 Å². The summed E-state index contributed by atoms with van der Waals surface area (Å²) in [6.45, 7) is 6.38. The molecule has 0 amide bonds. The molecule has 0 fully saturated rings. The van der Waals surface area contributed by atoms with Crippen LogP contribution in [0, 0.1) is 0 Å². The number of aliphatic imine (C=N–C) groups is 1. The van der Waals surface area contributed by atoms with Gasteiger partial charge in [-0.05, 0) is 37.5 Å². The maximum Gasteiger partial charge on any atom is 0.191 e. The summed E-state index contributed by atoms with van der Waals surface area (Å²) >= 11 is 0. The van der Waals surface area contributed by atoms with Crippen LogP contribution in [0.4, 0.5) is 0 Å². The highest BCUT2D eigenvalue weighted by molar-refractivity contribution is 14.0. The van der Waals surface area contributed by atoms with Crippen LogP contribution in [0.5, 0.6) is 11.5 Å². The highest BCUT2D eigenvalue weighted by atomic mass is 127. The Morgan fingerprint density at radius 2 is 2.00 bits per heavy atom. The van der Waals surface area contributed by atoms with Gasteiger partial charge in [0, 0.05) is 19.6 Å². The van der Waals surface area contributed by atoms with E-state index >= 15 is 0 Å². The molecule has 0 aliphatic carbocycles. The van der Waals surface area contributed by atoms with Crippen LogP contribution >= 0.6 is 24.0 Å². The van der Waals surface area contributed by atoms with Crippen LogP contribution in [0.25, 0.3) is 0 Å². The molecule has 0 aromatic heterocycles. The van der Waals surface area contributed by atoms with Crippen molar-refractivity contribution in [1.82, 2.24) is 10.6 Å². The number of guanidine groups is 1. The minimum absolute atomic E-state index is 0. The smallest absolute Gasteiger partial charge is 0.191 e. The van der Waals surface area contributed by atoms with Crippen LogP contribution in [0.2, 0.25) is 0 Å². The Balaban J connectivity index is 0.00000242. The van der Waals surface area contributed by atoms with Gasteiger partial charge in [0.15, 0.2) is 17.5 Å². The third-order valence-corrected chi connectivity index (χ3v) is 3.53. The number of halogens is 1. The van der Waals surface area contributed by atoms with Gasteiger partial charge < -0.3 is 20.1 Å². The molecule has 2 rings (SSSR count). The number of benzene rings is 1. The van der Waals surface area contributed by atoms with E-state index in [4.69, 9.17) is 9.47 Å². The number of rotatable bonds is 5. The fraction of sp³-hybridized carbons (Fsp3) is 0.562. The van der Waals surface area contributed by atoms with Crippen LogP contribution in [-0.4, -0.2) is 38.8 Å². The summed E-state index contributed by atoms with van der Waals surface area (Å²) in [7, 11) is 1.79. The molecule has 124 valence electrons. The average molecular weight is 419 g/mol. The molecule has 1 aliphatic rings. The zero-order valence-electron chi connectivity index (χ0n) is 13.5. The van der Waals surface area contributed by atoms with E-state index in [0.717, 1.165) is 36.8 Å². The van der Waals surface area contributed by atoms with Gasteiger partial charge in [-0.2, -0.15) is 0 Å². The van der Waals surface area contributed by atoms with Crippen molar-refractivity contribution < 1.29 is 9.47 Å². The van der Waals surface area contributed by atoms with Crippen molar-refractivity contribution >= 4 is 29.9 Å². The SMILES string of the molecule is CCC(C)NC(=NC)NCCc1ccc2c(c1)OCCO2.I. The predicted molar refractivity (Wildman–Crippen MR) is 101 cm³/mol. The van der Waals surface area contributed by atoms with Gasteiger partial charge in [-0.25, -0.2) is 0 Å². The van der Waals surface area contributed by atoms with Gasteiger partial charge in [0.25, 0.3) is 0 Å². The number of hydrogen-bond donors (Lipinski definition) is 2. The Bertz CT molecular complexity index is 494. The summed E-state index contributed by atoms with van der Waals surface area (Å²) < 4.78 is 11.1. The Kier molecular flexibility index (Phi) is 8.37. The number of ether oxygens (including phenoxy) is 2. The van der Waals surface area contributed by atoms with Gasteiger partial charge in [0.05, 0.1) is 0 Å². The molecule has 1 aliphatic heterocycles. The van der Waals surface area contributed by atoms with Crippen molar-refractivity contribution in [3.63, 3.8) is 0 Å². The standard InChI is InChI=1S/C16H25N3O2.HI/c1-4-12(2)19-16(17-3)18-8-7-13-5-6-14-15(11-13)21-10-9-20-14;/h5-6,11-12H,4,7-10H2,1-3H3,(H2,17,18,19);1H. The molecule has 6 heteroatoms. The summed E-state index contributed by atoms with van der Waals surface area (Å²) in [5.74, 6) is 2.54. The second-order valence-corrected chi connectivity index (χ2v) is 5.18. The third kappa shape index (κ3) is 5.55. The predicted octanol–water partition coefficient (Wildman–Crippen LogP) is 2.58. The molecule has 1 aromatic carbocycles. The van der Waals surface area contributed by atoms with Gasteiger partial charge in [-0.1, -0.05) is 13.0 Å². The quantitative estimate of drug-likeness (QED) is 0.438. The van der Waals surface area contributed by atoms with Crippen molar-refractivity contribution in [2.24, 2.45) is 4.99 Å². The number of fused-ring (bicyclic) bond motifs is 1. The van der Waals surface area contributed by atoms with E-state index in [9.17, 15) is 0 Å². The molecule has 1 atom stereocenters. The van der Waals surface area contributed by atoms with E-state index in [2.05, 4.69) is 41.6 Å². The van der Waals surface area contributed by atoms with Crippen molar-refractivity contribution in [2.75, 3.05) is 26.8 Å². The monoisotopic (exact) mass is 419 g/mol. The lowest BCUT2D eigenvalue weighted by Crippen LogP contribution is -2.42. The molecule has 0 saturated heterocycles. The first-order valence-corrected chi connectivity index (χ1v) is 7.58. The van der Waals surface area contributed by atoms with E-state index in [-0.39, 0.29) is 24.0 Å². The average Bonchev–Trinajstić information content (AvgIpc) is 2.53. The topological polar surface area (TPSA) is 54.9 Å². The molecule has 22 heavy (non-hydrogen) atoms. The van der Waals surface area contributed by atoms with Crippen LogP contribution in [0.1, 0.15) is 25.8 Å². The summed E-state index contributed by atoms with van der Waals surface area (Å²) in [6, 6.07) is 6.54. The summed E-state index contributed by atoms with van der Waals surface area (Å²) in [4.78, 5) is 4.23. The molecule has 0 radical (unpaired) electrons. The Hall–Kier alpha value is -1.18. The molecular formula is C16H26IN3O2. The molecular weight excluding hydrogens is 393 g/mol. The summed E-state index contributed by atoms with van der Waals surface area (Å²) in [6.07, 6.45) is 1.99. The van der Waals surface area contributed by atoms with Gasteiger partial charge in [-0.3, -0.25) is 4.99 Å². The highest BCUT2D eigenvalue weighted by Gasteiger charge is 2.11. The third-order valence-electron chi connectivity index (χ3n) is 3.53. The van der Waals surface area contributed by atoms with Crippen LogP contribution in [0.3, 0.4) is 0 Å². The number of nitrogens with one attached hydrogen (secondary N) is 2. The van der Waals surface area contributed by atoms with Crippen molar-refractivity contribution in [1.29, 1.82) is 0 Å². The largest absolute Gasteiger partial charge is 0.486 e. The molecule has 2 N–H and O–H groups in total. The van der Waals surface area contributed by atoms with Crippen molar-refractivity contribution in [2.45, 2.75) is 32.7 Å². The van der Waals surface area contributed by atoms with Gasteiger partial charge in [0.1, 0.15) is 13.2 Å². The lowest BCUT2D eigenvalue weighted by Gasteiger charge is -2.19. The Morgan fingerprint density at radius 1 is 1.27 bits per heavy atom. The minimum Gasteiger partial charge on any atom is -0.486 e. The molecule has 5 nitrogen and oxygen atoms in total. The van der Waals surface area contributed by atoms with E-state index in [1.165, 1.54) is 5.56 Å².